The molecule has 0 atom stereocenters. The van der Waals surface area contributed by atoms with Crippen LogP contribution in [0.4, 0.5) is 0 Å². The number of carbonyl (C=O) groups excluding carboxylic acids is 1. The molecule has 0 aliphatic heterocycles. The molecular formula is C21H27NO3. The van der Waals surface area contributed by atoms with Crippen LogP contribution in [-0.2, 0) is 10.2 Å². The van der Waals surface area contributed by atoms with Crippen molar-refractivity contribution in [2.24, 2.45) is 0 Å². The molecule has 1 aromatic carbocycles. The lowest BCUT2D eigenvalue weighted by Crippen LogP contribution is -2.15. The summed E-state index contributed by atoms with van der Waals surface area (Å²) in [5.74, 6) is 0.823. The molecule has 4 heteroatoms. The van der Waals surface area contributed by atoms with Gasteiger partial charge in [0.2, 0.25) is 0 Å². The van der Waals surface area contributed by atoms with Crippen LogP contribution in [0.3, 0.4) is 0 Å². The molecule has 2 aromatic rings. The van der Waals surface area contributed by atoms with E-state index in [-0.39, 0.29) is 5.41 Å². The first-order valence-corrected chi connectivity index (χ1v) is 8.56. The molecule has 134 valence electrons. The number of rotatable bonds is 4. The monoisotopic (exact) mass is 341 g/mol. The molecule has 0 radical (unpaired) electrons. The van der Waals surface area contributed by atoms with Gasteiger partial charge in [-0.05, 0) is 38.8 Å². The van der Waals surface area contributed by atoms with Crippen LogP contribution in [0.25, 0.3) is 0 Å². The van der Waals surface area contributed by atoms with Crippen molar-refractivity contribution in [3.05, 3.63) is 52.3 Å². The maximum Gasteiger partial charge on any atom is 0.343 e. The van der Waals surface area contributed by atoms with Gasteiger partial charge in [0.15, 0.2) is 0 Å². The zero-order chi connectivity index (χ0) is 18.8. The molecule has 0 saturated carbocycles. The Morgan fingerprint density at radius 3 is 2.20 bits per heavy atom. The van der Waals surface area contributed by atoms with E-state index in [9.17, 15) is 4.79 Å². The Morgan fingerprint density at radius 1 is 1.08 bits per heavy atom. The Labute approximate surface area is 150 Å². The van der Waals surface area contributed by atoms with Gasteiger partial charge < -0.3 is 9.47 Å². The minimum absolute atomic E-state index is 0.150. The maximum atomic E-state index is 12.3. The van der Waals surface area contributed by atoms with Crippen LogP contribution in [0.1, 0.15) is 60.4 Å². The van der Waals surface area contributed by atoms with Gasteiger partial charge in [-0.1, -0.05) is 38.5 Å². The quantitative estimate of drug-likeness (QED) is 0.711. The van der Waals surface area contributed by atoms with E-state index in [4.69, 9.17) is 9.47 Å². The second-order valence-electron chi connectivity index (χ2n) is 7.37. The van der Waals surface area contributed by atoms with E-state index in [1.54, 1.807) is 13.1 Å². The van der Waals surface area contributed by atoms with E-state index in [1.165, 1.54) is 5.56 Å². The van der Waals surface area contributed by atoms with Crippen molar-refractivity contribution in [1.29, 1.82) is 0 Å². The van der Waals surface area contributed by atoms with Gasteiger partial charge in [-0.3, -0.25) is 4.98 Å². The van der Waals surface area contributed by atoms with Crippen molar-refractivity contribution < 1.29 is 14.3 Å². The Morgan fingerprint density at radius 2 is 1.68 bits per heavy atom. The number of benzene rings is 1. The van der Waals surface area contributed by atoms with Crippen LogP contribution in [0.2, 0.25) is 0 Å². The zero-order valence-corrected chi connectivity index (χ0v) is 16.2. The fourth-order valence-electron chi connectivity index (χ4n) is 2.73. The van der Waals surface area contributed by atoms with Crippen molar-refractivity contribution in [3.8, 4) is 11.5 Å². The summed E-state index contributed by atoms with van der Waals surface area (Å²) in [6.45, 7) is 14.4. The third-order valence-electron chi connectivity index (χ3n) is 3.95. The summed E-state index contributed by atoms with van der Waals surface area (Å²) in [6, 6.07) is 5.97. The van der Waals surface area contributed by atoms with Crippen LogP contribution in [0.5, 0.6) is 11.5 Å². The molecule has 0 bridgehead atoms. The average Bonchev–Trinajstić information content (AvgIpc) is 2.50. The molecular weight excluding hydrogens is 314 g/mol. The highest BCUT2D eigenvalue weighted by atomic mass is 16.5. The van der Waals surface area contributed by atoms with E-state index < -0.39 is 5.97 Å². The summed E-state index contributed by atoms with van der Waals surface area (Å²) >= 11 is 0. The summed E-state index contributed by atoms with van der Waals surface area (Å²) in [7, 11) is 0. The first-order chi connectivity index (χ1) is 11.6. The Bertz CT molecular complexity index is 765. The standard InChI is InChI=1S/C21H27NO3/c1-8-24-20(23)16-12-22-18(21(5,6)7)11-17(16)25-19-14(3)9-13(2)10-15(19)4/h9-12H,8H2,1-7H3. The number of pyridine rings is 1. The van der Waals surface area contributed by atoms with E-state index >= 15 is 0 Å². The molecule has 1 heterocycles. The lowest BCUT2D eigenvalue weighted by Gasteiger charge is -2.21. The number of nitrogens with zero attached hydrogens (tertiary/aromatic N) is 1. The average molecular weight is 341 g/mol. The Balaban J connectivity index is 2.55. The summed E-state index contributed by atoms with van der Waals surface area (Å²) in [5, 5.41) is 0. The van der Waals surface area contributed by atoms with Crippen LogP contribution < -0.4 is 4.74 Å². The second kappa shape index (κ2) is 7.26. The molecule has 0 fully saturated rings. The van der Waals surface area contributed by atoms with Gasteiger partial charge in [-0.2, -0.15) is 0 Å². The number of carbonyl (C=O) groups is 1. The third kappa shape index (κ3) is 4.38. The van der Waals surface area contributed by atoms with Gasteiger partial charge >= 0.3 is 5.97 Å². The van der Waals surface area contributed by atoms with Crippen molar-refractivity contribution in [2.45, 2.75) is 53.9 Å². The van der Waals surface area contributed by atoms with Crippen molar-refractivity contribution in [1.82, 2.24) is 4.98 Å². The maximum absolute atomic E-state index is 12.3. The van der Waals surface area contributed by atoms with Crippen LogP contribution in [0.15, 0.2) is 24.4 Å². The highest BCUT2D eigenvalue weighted by molar-refractivity contribution is 5.92. The highest BCUT2D eigenvalue weighted by Crippen LogP contribution is 2.34. The number of ether oxygens (including phenoxy) is 2. The predicted octanol–water partition coefficient (Wildman–Crippen LogP) is 5.27. The minimum Gasteiger partial charge on any atom is -0.462 e. The summed E-state index contributed by atoms with van der Waals surface area (Å²) in [4.78, 5) is 16.7. The number of hydrogen-bond donors (Lipinski definition) is 0. The second-order valence-corrected chi connectivity index (χ2v) is 7.37. The van der Waals surface area contributed by atoms with Crippen LogP contribution in [0, 0.1) is 20.8 Å². The van der Waals surface area contributed by atoms with Crippen LogP contribution in [-0.4, -0.2) is 17.6 Å². The first kappa shape index (κ1) is 19.0. The van der Waals surface area contributed by atoms with Gasteiger partial charge in [-0.25, -0.2) is 4.79 Å². The SMILES string of the molecule is CCOC(=O)c1cnc(C(C)(C)C)cc1Oc1c(C)cc(C)cc1C. The topological polar surface area (TPSA) is 48.4 Å². The van der Waals surface area contributed by atoms with Gasteiger partial charge in [0.25, 0.3) is 0 Å². The van der Waals surface area contributed by atoms with Gasteiger partial charge in [0.1, 0.15) is 17.1 Å². The van der Waals surface area contributed by atoms with Crippen molar-refractivity contribution >= 4 is 5.97 Å². The molecule has 1 aromatic heterocycles. The van der Waals surface area contributed by atoms with Gasteiger partial charge in [0, 0.05) is 23.4 Å². The minimum atomic E-state index is -0.423. The molecule has 25 heavy (non-hydrogen) atoms. The van der Waals surface area contributed by atoms with Crippen molar-refractivity contribution in [2.75, 3.05) is 6.61 Å². The van der Waals surface area contributed by atoms with Gasteiger partial charge in [0.05, 0.1) is 6.61 Å². The molecule has 0 aliphatic carbocycles. The zero-order valence-electron chi connectivity index (χ0n) is 16.2. The number of esters is 1. The van der Waals surface area contributed by atoms with Gasteiger partial charge in [-0.15, -0.1) is 0 Å². The number of aryl methyl sites for hydroxylation is 3. The summed E-state index contributed by atoms with van der Waals surface area (Å²) < 4.78 is 11.3. The van der Waals surface area contributed by atoms with E-state index in [2.05, 4.69) is 44.8 Å². The lowest BCUT2D eigenvalue weighted by molar-refractivity contribution is 0.0523. The predicted molar refractivity (Wildman–Crippen MR) is 99.6 cm³/mol. The molecule has 0 N–H and O–H groups in total. The molecule has 0 saturated heterocycles. The number of hydrogen-bond acceptors (Lipinski definition) is 4. The molecule has 0 amide bonds. The third-order valence-corrected chi connectivity index (χ3v) is 3.95. The number of aromatic nitrogens is 1. The Hall–Kier alpha value is -2.36. The van der Waals surface area contributed by atoms with E-state index in [0.717, 1.165) is 22.6 Å². The highest BCUT2D eigenvalue weighted by Gasteiger charge is 2.22. The molecule has 0 unspecified atom stereocenters. The molecule has 0 aliphatic rings. The summed E-state index contributed by atoms with van der Waals surface area (Å²) in [6.07, 6.45) is 1.55. The summed E-state index contributed by atoms with van der Waals surface area (Å²) in [5.41, 5.74) is 4.29. The van der Waals surface area contributed by atoms with Crippen molar-refractivity contribution in [3.63, 3.8) is 0 Å². The molecule has 2 rings (SSSR count). The molecule has 0 spiro atoms. The molecule has 4 nitrogen and oxygen atoms in total. The van der Waals surface area contributed by atoms with E-state index in [1.807, 2.05) is 19.9 Å². The lowest BCUT2D eigenvalue weighted by atomic mass is 9.91. The Kier molecular flexibility index (Phi) is 5.51. The smallest absolute Gasteiger partial charge is 0.343 e. The van der Waals surface area contributed by atoms with E-state index in [0.29, 0.717) is 17.9 Å². The first-order valence-electron chi connectivity index (χ1n) is 8.56. The fraction of sp³-hybridized carbons (Fsp3) is 0.429. The largest absolute Gasteiger partial charge is 0.462 e. The normalized spacial score (nSPS) is 11.3. The fourth-order valence-corrected chi connectivity index (χ4v) is 2.73. The van der Waals surface area contributed by atoms with Crippen LogP contribution >= 0.6 is 0 Å².